The van der Waals surface area contributed by atoms with Gasteiger partial charge in [0.05, 0.1) is 6.04 Å². The van der Waals surface area contributed by atoms with Crippen LogP contribution in [0.1, 0.15) is 18.2 Å². The molecule has 1 aliphatic rings. The fourth-order valence-electron chi connectivity index (χ4n) is 2.02. The normalized spacial score (nSPS) is 26.7. The van der Waals surface area contributed by atoms with E-state index in [0.29, 0.717) is 6.04 Å². The van der Waals surface area contributed by atoms with Crippen LogP contribution in [0.25, 0.3) is 0 Å². The van der Waals surface area contributed by atoms with E-state index in [1.807, 2.05) is 28.2 Å². The van der Waals surface area contributed by atoms with Gasteiger partial charge in [-0.3, -0.25) is 8.89 Å². The molecule has 4 nitrogen and oxygen atoms in total. The second-order valence-corrected chi connectivity index (χ2v) is 6.64. The first kappa shape index (κ1) is 10.7. The van der Waals surface area contributed by atoms with E-state index in [9.17, 15) is 4.21 Å². The van der Waals surface area contributed by atoms with Gasteiger partial charge in [-0.1, -0.05) is 0 Å². The van der Waals surface area contributed by atoms with Crippen LogP contribution >= 0.6 is 0 Å². The predicted octanol–water partition coefficient (Wildman–Crippen LogP) is 0.700. The zero-order valence-corrected chi connectivity index (χ0v) is 10.0. The highest BCUT2D eigenvalue weighted by Crippen LogP contribution is 2.23. The van der Waals surface area contributed by atoms with Gasteiger partial charge in [0.15, 0.2) is 0 Å². The Morgan fingerprint density at radius 1 is 1.67 bits per heavy atom. The Bertz CT molecular complexity index is 449. The first-order valence-corrected chi connectivity index (χ1v) is 7.15. The Morgan fingerprint density at radius 2 is 2.40 bits per heavy atom. The number of hydrogen-bond acceptors (Lipinski definition) is 2. The summed E-state index contributed by atoms with van der Waals surface area (Å²) in [5, 5.41) is 4.29. The first-order valence-electron chi connectivity index (χ1n) is 5.06. The van der Waals surface area contributed by atoms with Crippen molar-refractivity contribution >= 4 is 15.6 Å². The molecule has 1 aromatic rings. The number of aryl methyl sites for hydroxylation is 1. The summed E-state index contributed by atoms with van der Waals surface area (Å²) < 4.78 is 15.8. The molecule has 0 radical (unpaired) electrons. The topological polar surface area (TPSA) is 38.1 Å². The molecule has 2 atom stereocenters. The number of rotatable bonds is 2. The highest BCUT2D eigenvalue weighted by molar-refractivity contribution is 7.97. The number of hydrogen-bond donors (Lipinski definition) is 0. The quantitative estimate of drug-likeness (QED) is 0.698. The van der Waals surface area contributed by atoms with Crippen LogP contribution in [-0.2, 0) is 9.71 Å². The zero-order chi connectivity index (χ0) is 11.1. The number of aromatic nitrogens is 2. The van der Waals surface area contributed by atoms with E-state index < -0.39 is 9.71 Å². The summed E-state index contributed by atoms with van der Waals surface area (Å²) >= 11 is 0. The second kappa shape index (κ2) is 3.64. The van der Waals surface area contributed by atoms with Crippen molar-refractivity contribution in [3.63, 3.8) is 0 Å². The predicted molar refractivity (Wildman–Crippen MR) is 63.4 cm³/mol. The van der Waals surface area contributed by atoms with E-state index in [0.717, 1.165) is 25.2 Å². The smallest absolute Gasteiger partial charge is 0.0671 e. The molecule has 1 fully saturated rings. The van der Waals surface area contributed by atoms with Crippen LogP contribution < -0.4 is 0 Å². The Kier molecular flexibility index (Phi) is 2.60. The standard InChI is InChI=1S/C10H17N3OS/c1-9-4-6-11-13(9)10-5-7-12(8-10)15(2,3)14/h4,6,10H,2,5,7-8H2,1,3H3. The van der Waals surface area contributed by atoms with Crippen LogP contribution in [0.5, 0.6) is 0 Å². The number of nitrogens with zero attached hydrogens (tertiary/aromatic N) is 3. The molecule has 0 bridgehead atoms. The summed E-state index contributed by atoms with van der Waals surface area (Å²) in [5.74, 6) is 3.71. The minimum absolute atomic E-state index is 0.350. The van der Waals surface area contributed by atoms with Gasteiger partial charge in [0.25, 0.3) is 0 Å². The molecule has 84 valence electrons. The molecule has 1 aromatic heterocycles. The molecular weight excluding hydrogens is 210 g/mol. The molecular formula is C10H17N3OS. The molecule has 5 heteroatoms. The van der Waals surface area contributed by atoms with E-state index in [-0.39, 0.29) is 0 Å². The first-order chi connectivity index (χ1) is 6.98. The fraction of sp³-hybridized carbons (Fsp3) is 0.600. The van der Waals surface area contributed by atoms with Crippen LogP contribution in [0.2, 0.25) is 0 Å². The van der Waals surface area contributed by atoms with Crippen molar-refractivity contribution in [1.82, 2.24) is 14.1 Å². The molecule has 15 heavy (non-hydrogen) atoms. The lowest BCUT2D eigenvalue weighted by Gasteiger charge is -2.18. The van der Waals surface area contributed by atoms with Gasteiger partial charge in [-0.05, 0) is 25.3 Å². The third kappa shape index (κ3) is 2.08. The van der Waals surface area contributed by atoms with Crippen LogP contribution in [-0.4, -0.2) is 43.5 Å². The highest BCUT2D eigenvalue weighted by atomic mass is 32.2. The van der Waals surface area contributed by atoms with Gasteiger partial charge in [-0.2, -0.15) is 5.10 Å². The van der Waals surface area contributed by atoms with Crippen molar-refractivity contribution in [3.05, 3.63) is 18.0 Å². The monoisotopic (exact) mass is 227 g/mol. The van der Waals surface area contributed by atoms with E-state index in [2.05, 4.69) is 11.0 Å². The average Bonchev–Trinajstić information content (AvgIpc) is 2.69. The van der Waals surface area contributed by atoms with Crippen molar-refractivity contribution in [2.24, 2.45) is 0 Å². The van der Waals surface area contributed by atoms with Crippen LogP contribution in [0.3, 0.4) is 0 Å². The molecule has 2 unspecified atom stereocenters. The van der Waals surface area contributed by atoms with Gasteiger partial charge in [-0.15, -0.1) is 0 Å². The summed E-state index contributed by atoms with van der Waals surface area (Å²) in [4.78, 5) is 0. The Labute approximate surface area is 91.0 Å². The van der Waals surface area contributed by atoms with Gasteiger partial charge < -0.3 is 0 Å². The van der Waals surface area contributed by atoms with E-state index in [4.69, 9.17) is 0 Å². The van der Waals surface area contributed by atoms with Gasteiger partial charge in [0.2, 0.25) is 0 Å². The maximum Gasteiger partial charge on any atom is 0.0671 e. The summed E-state index contributed by atoms with van der Waals surface area (Å²) in [7, 11) is -2.05. The van der Waals surface area contributed by atoms with Crippen molar-refractivity contribution in [2.45, 2.75) is 19.4 Å². The summed E-state index contributed by atoms with van der Waals surface area (Å²) in [6.45, 7) is 3.69. The lowest BCUT2D eigenvalue weighted by molar-refractivity contribution is 0.447. The Hall–Kier alpha value is -0.810. The SMILES string of the molecule is C=S(C)(=O)N1CCC(n2nccc2C)C1. The second-order valence-electron chi connectivity index (χ2n) is 4.21. The van der Waals surface area contributed by atoms with Crippen molar-refractivity contribution in [3.8, 4) is 0 Å². The largest absolute Gasteiger partial charge is 0.265 e. The van der Waals surface area contributed by atoms with Crippen molar-refractivity contribution in [2.75, 3.05) is 19.3 Å². The Morgan fingerprint density at radius 3 is 2.87 bits per heavy atom. The molecule has 0 saturated carbocycles. The van der Waals surface area contributed by atoms with E-state index >= 15 is 0 Å². The van der Waals surface area contributed by atoms with Gasteiger partial charge in [0.1, 0.15) is 0 Å². The fourth-order valence-corrected chi connectivity index (χ4v) is 3.00. The molecule has 0 aromatic carbocycles. The summed E-state index contributed by atoms with van der Waals surface area (Å²) in [5.41, 5.74) is 1.16. The van der Waals surface area contributed by atoms with Crippen LogP contribution in [0, 0.1) is 6.92 Å². The zero-order valence-electron chi connectivity index (χ0n) is 9.22. The summed E-state index contributed by atoms with van der Waals surface area (Å²) in [6, 6.07) is 2.35. The maximum absolute atomic E-state index is 11.8. The molecule has 1 saturated heterocycles. The van der Waals surface area contributed by atoms with Crippen LogP contribution in [0.15, 0.2) is 12.3 Å². The van der Waals surface area contributed by atoms with Gasteiger partial charge in [0, 0.05) is 40.9 Å². The maximum atomic E-state index is 11.8. The molecule has 2 rings (SSSR count). The molecule has 0 N–H and O–H groups in total. The molecule has 2 heterocycles. The average molecular weight is 227 g/mol. The minimum Gasteiger partial charge on any atom is -0.265 e. The van der Waals surface area contributed by atoms with Crippen molar-refractivity contribution in [1.29, 1.82) is 0 Å². The van der Waals surface area contributed by atoms with Gasteiger partial charge >= 0.3 is 0 Å². The van der Waals surface area contributed by atoms with E-state index in [1.165, 1.54) is 0 Å². The van der Waals surface area contributed by atoms with Crippen molar-refractivity contribution < 1.29 is 4.21 Å². The molecule has 0 spiro atoms. The molecule has 1 aliphatic heterocycles. The molecule has 0 amide bonds. The summed E-state index contributed by atoms with van der Waals surface area (Å²) in [6.07, 6.45) is 4.51. The Balaban J connectivity index is 2.15. The highest BCUT2D eigenvalue weighted by Gasteiger charge is 2.27. The third-order valence-electron chi connectivity index (χ3n) is 2.89. The van der Waals surface area contributed by atoms with Crippen LogP contribution in [0.4, 0.5) is 0 Å². The lowest BCUT2D eigenvalue weighted by Crippen LogP contribution is -2.28. The molecule has 0 aliphatic carbocycles. The third-order valence-corrected chi connectivity index (χ3v) is 4.31. The van der Waals surface area contributed by atoms with Gasteiger partial charge in [-0.25, -0.2) is 4.31 Å². The minimum atomic E-state index is -2.05. The van der Waals surface area contributed by atoms with E-state index in [1.54, 1.807) is 6.26 Å². The lowest BCUT2D eigenvalue weighted by atomic mass is 10.2.